The first-order valence-corrected chi connectivity index (χ1v) is 9.86. The highest BCUT2D eigenvalue weighted by molar-refractivity contribution is 5.85. The van der Waals surface area contributed by atoms with Gasteiger partial charge < -0.3 is 20.1 Å². The summed E-state index contributed by atoms with van der Waals surface area (Å²) >= 11 is 0. The van der Waals surface area contributed by atoms with E-state index in [4.69, 9.17) is 9.47 Å². The molecule has 1 aliphatic rings. The molecule has 0 saturated heterocycles. The molecule has 0 spiro atoms. The zero-order valence-electron chi connectivity index (χ0n) is 17.6. The van der Waals surface area contributed by atoms with E-state index >= 15 is 0 Å². The number of rotatable bonds is 7. The van der Waals surface area contributed by atoms with E-state index in [-0.39, 0.29) is 37.4 Å². The minimum absolute atomic E-state index is 0. The van der Waals surface area contributed by atoms with Gasteiger partial charge in [0.2, 0.25) is 0 Å². The molecule has 30 heavy (non-hydrogen) atoms. The number of amides is 1. The Bertz CT molecular complexity index is 834. The van der Waals surface area contributed by atoms with E-state index in [0.717, 1.165) is 0 Å². The monoisotopic (exact) mass is 432 g/mol. The molecule has 0 saturated carbocycles. The molecule has 162 valence electrons. The molecule has 0 fully saturated rings. The fraction of sp³-hybridized carbons (Fsp3) is 0.391. The number of alkyl carbamates (subject to hydrolysis) is 1. The third kappa shape index (κ3) is 6.21. The number of hydrogen-bond donors (Lipinski definition) is 2. The first-order chi connectivity index (χ1) is 13.8. The smallest absolute Gasteiger partial charge is 0.407 e. The van der Waals surface area contributed by atoms with Crippen molar-refractivity contribution < 1.29 is 19.1 Å². The number of ether oxygens (including phenoxy) is 2. The van der Waals surface area contributed by atoms with Crippen LogP contribution in [0.25, 0.3) is 11.1 Å². The lowest BCUT2D eigenvalue weighted by Crippen LogP contribution is -2.36. The van der Waals surface area contributed by atoms with Crippen LogP contribution in [0, 0.1) is 0 Å². The zero-order chi connectivity index (χ0) is 20.9. The van der Waals surface area contributed by atoms with Gasteiger partial charge in [-0.25, -0.2) is 4.79 Å². The lowest BCUT2D eigenvalue weighted by atomic mass is 9.98. The van der Waals surface area contributed by atoms with Crippen LogP contribution in [0.4, 0.5) is 4.79 Å². The Labute approximate surface area is 183 Å². The minimum atomic E-state index is -0.502. The molecule has 0 radical (unpaired) electrons. The SMILES string of the molecule is CC(C)(C)OC(=O)CNCCNC(=O)OCC1c2ccccc2-c2ccccc21.Cl. The summed E-state index contributed by atoms with van der Waals surface area (Å²) in [5.41, 5.74) is 4.26. The second-order valence-electron chi connectivity index (χ2n) is 8.02. The summed E-state index contributed by atoms with van der Waals surface area (Å²) in [4.78, 5) is 23.7. The minimum Gasteiger partial charge on any atom is -0.459 e. The number of carbonyl (C=O) groups is 2. The third-order valence-electron chi connectivity index (χ3n) is 4.60. The van der Waals surface area contributed by atoms with Crippen molar-refractivity contribution in [3.8, 4) is 11.1 Å². The predicted molar refractivity (Wildman–Crippen MR) is 119 cm³/mol. The molecule has 0 atom stereocenters. The van der Waals surface area contributed by atoms with E-state index in [9.17, 15) is 9.59 Å². The van der Waals surface area contributed by atoms with E-state index in [1.807, 2.05) is 45.0 Å². The van der Waals surface area contributed by atoms with Gasteiger partial charge in [0.25, 0.3) is 0 Å². The van der Waals surface area contributed by atoms with Gasteiger partial charge >= 0.3 is 12.1 Å². The van der Waals surface area contributed by atoms with Gasteiger partial charge in [-0.15, -0.1) is 12.4 Å². The van der Waals surface area contributed by atoms with Crippen molar-refractivity contribution in [3.05, 3.63) is 59.7 Å². The molecule has 2 aromatic rings. The van der Waals surface area contributed by atoms with Crippen LogP contribution in [0.15, 0.2) is 48.5 Å². The van der Waals surface area contributed by atoms with Crippen LogP contribution in [0.5, 0.6) is 0 Å². The largest absolute Gasteiger partial charge is 0.459 e. The van der Waals surface area contributed by atoms with Crippen LogP contribution in [-0.4, -0.2) is 43.9 Å². The molecular weight excluding hydrogens is 404 g/mol. The molecule has 0 bridgehead atoms. The summed E-state index contributed by atoms with van der Waals surface area (Å²) < 4.78 is 10.7. The van der Waals surface area contributed by atoms with Crippen LogP contribution < -0.4 is 10.6 Å². The van der Waals surface area contributed by atoms with Gasteiger partial charge in [0.15, 0.2) is 0 Å². The predicted octanol–water partition coefficient (Wildman–Crippen LogP) is 3.88. The molecule has 0 aromatic heterocycles. The van der Waals surface area contributed by atoms with E-state index in [0.29, 0.717) is 13.1 Å². The highest BCUT2D eigenvalue weighted by Crippen LogP contribution is 2.44. The van der Waals surface area contributed by atoms with Crippen molar-refractivity contribution >= 4 is 24.5 Å². The molecule has 1 aliphatic carbocycles. The Morgan fingerprint density at radius 3 is 2.07 bits per heavy atom. The summed E-state index contributed by atoms with van der Waals surface area (Å²) in [5, 5.41) is 5.64. The topological polar surface area (TPSA) is 76.7 Å². The maximum absolute atomic E-state index is 12.1. The number of hydrogen-bond acceptors (Lipinski definition) is 5. The molecule has 0 aliphatic heterocycles. The molecule has 7 heteroatoms. The molecular formula is C23H29ClN2O4. The number of nitrogens with one attached hydrogen (secondary N) is 2. The first-order valence-electron chi connectivity index (χ1n) is 9.86. The summed E-state index contributed by atoms with van der Waals surface area (Å²) in [5.74, 6) is -0.280. The van der Waals surface area contributed by atoms with E-state index < -0.39 is 11.7 Å². The van der Waals surface area contributed by atoms with Crippen LogP contribution in [0.1, 0.15) is 37.8 Å². The van der Waals surface area contributed by atoms with Gasteiger partial charge in [-0.1, -0.05) is 48.5 Å². The van der Waals surface area contributed by atoms with Gasteiger partial charge in [0, 0.05) is 19.0 Å². The molecule has 2 aromatic carbocycles. The van der Waals surface area contributed by atoms with Gasteiger partial charge in [0.1, 0.15) is 12.2 Å². The molecule has 0 heterocycles. The number of fused-ring (bicyclic) bond motifs is 3. The van der Waals surface area contributed by atoms with Crippen molar-refractivity contribution in [2.75, 3.05) is 26.2 Å². The Morgan fingerprint density at radius 2 is 1.50 bits per heavy atom. The molecule has 6 nitrogen and oxygen atoms in total. The average molecular weight is 433 g/mol. The summed E-state index contributed by atoms with van der Waals surface area (Å²) in [6.45, 7) is 6.66. The highest BCUT2D eigenvalue weighted by atomic mass is 35.5. The van der Waals surface area contributed by atoms with Crippen molar-refractivity contribution in [1.82, 2.24) is 10.6 Å². The van der Waals surface area contributed by atoms with E-state index in [1.54, 1.807) is 0 Å². The maximum Gasteiger partial charge on any atom is 0.407 e. The normalized spacial score (nSPS) is 12.4. The standard InChI is InChI=1S/C23H28N2O4.ClH/c1-23(2,3)29-21(26)14-24-12-13-25-22(27)28-15-20-18-10-6-4-8-16(18)17-9-5-7-11-19(17)20;/h4-11,20,24H,12-15H2,1-3H3,(H,25,27);1H. The molecule has 2 N–H and O–H groups in total. The van der Waals surface area contributed by atoms with Crippen LogP contribution >= 0.6 is 12.4 Å². The summed E-state index contributed by atoms with van der Waals surface area (Å²) in [7, 11) is 0. The zero-order valence-corrected chi connectivity index (χ0v) is 18.4. The second kappa shape index (κ2) is 10.5. The van der Waals surface area contributed by atoms with Crippen molar-refractivity contribution in [2.24, 2.45) is 0 Å². The fourth-order valence-corrected chi connectivity index (χ4v) is 3.47. The lowest BCUT2D eigenvalue weighted by Gasteiger charge is -2.19. The number of carbonyl (C=O) groups excluding carboxylic acids is 2. The van der Waals surface area contributed by atoms with Crippen LogP contribution in [0.2, 0.25) is 0 Å². The van der Waals surface area contributed by atoms with Crippen molar-refractivity contribution in [2.45, 2.75) is 32.3 Å². The second-order valence-corrected chi connectivity index (χ2v) is 8.02. The molecule has 0 unspecified atom stereocenters. The summed E-state index contributed by atoms with van der Waals surface area (Å²) in [6, 6.07) is 16.4. The summed E-state index contributed by atoms with van der Waals surface area (Å²) in [6.07, 6.45) is -0.467. The van der Waals surface area contributed by atoms with Gasteiger partial charge in [-0.3, -0.25) is 4.79 Å². The number of esters is 1. The molecule has 3 rings (SSSR count). The number of benzene rings is 2. The average Bonchev–Trinajstić information content (AvgIpc) is 2.99. The quantitative estimate of drug-likeness (QED) is 0.513. The van der Waals surface area contributed by atoms with Gasteiger partial charge in [-0.2, -0.15) is 0 Å². The lowest BCUT2D eigenvalue weighted by molar-refractivity contribution is -0.153. The van der Waals surface area contributed by atoms with Crippen LogP contribution in [-0.2, 0) is 14.3 Å². The van der Waals surface area contributed by atoms with Crippen molar-refractivity contribution in [3.63, 3.8) is 0 Å². The Hall–Kier alpha value is -2.57. The first kappa shape index (κ1) is 23.7. The molecule has 1 amide bonds. The Kier molecular flexibility index (Phi) is 8.26. The Morgan fingerprint density at radius 1 is 0.933 bits per heavy atom. The van der Waals surface area contributed by atoms with Crippen LogP contribution in [0.3, 0.4) is 0 Å². The van der Waals surface area contributed by atoms with Crippen molar-refractivity contribution in [1.29, 1.82) is 0 Å². The van der Waals surface area contributed by atoms with E-state index in [1.165, 1.54) is 22.3 Å². The number of halogens is 1. The van der Waals surface area contributed by atoms with Gasteiger partial charge in [0.05, 0.1) is 6.54 Å². The fourth-order valence-electron chi connectivity index (χ4n) is 3.47. The van der Waals surface area contributed by atoms with Gasteiger partial charge in [-0.05, 0) is 43.0 Å². The van der Waals surface area contributed by atoms with E-state index in [2.05, 4.69) is 34.9 Å². The highest BCUT2D eigenvalue weighted by Gasteiger charge is 2.28. The Balaban J connectivity index is 0.00000320. The third-order valence-corrected chi connectivity index (χ3v) is 4.60. The maximum atomic E-state index is 12.1.